The molecule has 0 amide bonds. The molecule has 0 fully saturated rings. The Labute approximate surface area is 188 Å². The molecule has 3 N–H and O–H groups in total. The first-order chi connectivity index (χ1) is 13.4. The third-order valence-corrected chi connectivity index (χ3v) is 4.63. The van der Waals surface area contributed by atoms with Crippen molar-refractivity contribution in [3.63, 3.8) is 0 Å². The van der Waals surface area contributed by atoms with Crippen LogP contribution in [0.4, 0.5) is 0 Å². The van der Waals surface area contributed by atoms with Crippen molar-refractivity contribution in [1.82, 2.24) is 20.2 Å². The number of aliphatic imine (C=N–C) groups is 1. The number of nitrogens with zero attached hydrogens (tertiary/aromatic N) is 3. The number of para-hydroxylation sites is 2. The van der Waals surface area contributed by atoms with Gasteiger partial charge in [0, 0.05) is 19.6 Å². The van der Waals surface area contributed by atoms with Gasteiger partial charge in [-0.3, -0.25) is 0 Å². The summed E-state index contributed by atoms with van der Waals surface area (Å²) in [5.41, 5.74) is 0.971. The highest BCUT2D eigenvalue weighted by atomic mass is 127. The predicted molar refractivity (Wildman–Crippen MR) is 127 cm³/mol. The van der Waals surface area contributed by atoms with E-state index in [1.54, 1.807) is 13.0 Å². The summed E-state index contributed by atoms with van der Waals surface area (Å²) in [6, 6.07) is 11.8. The van der Waals surface area contributed by atoms with Gasteiger partial charge in [0.15, 0.2) is 5.96 Å². The van der Waals surface area contributed by atoms with Crippen LogP contribution in [-0.4, -0.2) is 40.3 Å². The quantitative estimate of drug-likeness (QED) is 0.258. The predicted octanol–water partition coefficient (Wildman–Crippen LogP) is 3.33. The lowest BCUT2D eigenvalue weighted by atomic mass is 10.0. The first-order valence-corrected chi connectivity index (χ1v) is 9.64. The van der Waals surface area contributed by atoms with Crippen LogP contribution >= 0.6 is 24.0 Å². The molecule has 7 nitrogen and oxygen atoms in total. The molecule has 8 heteroatoms. The van der Waals surface area contributed by atoms with Crippen LogP contribution < -0.4 is 10.6 Å². The number of nitrogens with one attached hydrogen (secondary N) is 2. The number of imidazole rings is 1. The maximum absolute atomic E-state index is 10.7. The summed E-state index contributed by atoms with van der Waals surface area (Å²) in [5, 5.41) is 17.2. The Hall–Kier alpha value is -2.07. The number of benzene rings is 1. The smallest absolute Gasteiger partial charge is 0.191 e. The zero-order chi connectivity index (χ0) is 20.1. The van der Waals surface area contributed by atoms with Gasteiger partial charge in [0.1, 0.15) is 22.9 Å². The second-order valence-electron chi connectivity index (χ2n) is 7.11. The summed E-state index contributed by atoms with van der Waals surface area (Å²) < 4.78 is 7.74. The topological polar surface area (TPSA) is 87.6 Å². The summed E-state index contributed by atoms with van der Waals surface area (Å²) in [7, 11) is 0. The van der Waals surface area contributed by atoms with Crippen molar-refractivity contribution >= 4 is 41.0 Å². The summed E-state index contributed by atoms with van der Waals surface area (Å²) in [6.45, 7) is 9.99. The van der Waals surface area contributed by atoms with Gasteiger partial charge in [0.2, 0.25) is 0 Å². The van der Waals surface area contributed by atoms with E-state index < -0.39 is 5.60 Å². The van der Waals surface area contributed by atoms with Crippen molar-refractivity contribution in [2.75, 3.05) is 19.6 Å². The van der Waals surface area contributed by atoms with Crippen molar-refractivity contribution in [3.8, 4) is 0 Å². The van der Waals surface area contributed by atoms with Crippen LogP contribution in [0.15, 0.2) is 45.8 Å². The Kier molecular flexibility index (Phi) is 8.09. The maximum Gasteiger partial charge on any atom is 0.191 e. The minimum atomic E-state index is -1.16. The van der Waals surface area contributed by atoms with E-state index in [2.05, 4.69) is 31.2 Å². The Morgan fingerprint density at radius 3 is 2.66 bits per heavy atom. The third kappa shape index (κ3) is 5.72. The fourth-order valence-electron chi connectivity index (χ4n) is 3.14. The Morgan fingerprint density at radius 2 is 1.97 bits per heavy atom. The minimum Gasteiger partial charge on any atom is -0.463 e. The van der Waals surface area contributed by atoms with Crippen LogP contribution in [0.2, 0.25) is 0 Å². The second kappa shape index (κ2) is 10.1. The summed E-state index contributed by atoms with van der Waals surface area (Å²) in [6.07, 6.45) is 0. The molecule has 0 radical (unpaired) electrons. The lowest BCUT2D eigenvalue weighted by molar-refractivity contribution is 0.0428. The van der Waals surface area contributed by atoms with Gasteiger partial charge in [0.05, 0.1) is 17.6 Å². The van der Waals surface area contributed by atoms with Crippen molar-refractivity contribution in [2.24, 2.45) is 4.99 Å². The molecule has 0 aliphatic heterocycles. The molecule has 0 spiro atoms. The minimum absolute atomic E-state index is 0. The zero-order valence-electron chi connectivity index (χ0n) is 17.4. The molecular weight excluding hydrogens is 481 g/mol. The molecule has 0 bridgehead atoms. The highest BCUT2D eigenvalue weighted by molar-refractivity contribution is 14.0. The molecule has 3 aromatic rings. The molecule has 2 heterocycles. The number of aryl methyl sites for hydroxylation is 2. The summed E-state index contributed by atoms with van der Waals surface area (Å²) in [5.74, 6) is 2.94. The van der Waals surface area contributed by atoms with Gasteiger partial charge in [-0.2, -0.15) is 0 Å². The standard InChI is InChI=1S/C21H29N5O2.HI/c1-5-22-20(24-14-21(4,27)19-11-10-15(2)28-19)23-12-13-26-16(3)25-17-8-6-7-9-18(17)26;/h6-11,27H,5,12-14H2,1-4H3,(H2,22,23,24);1H. The monoisotopic (exact) mass is 511 g/mol. The van der Waals surface area contributed by atoms with Crippen molar-refractivity contribution in [2.45, 2.75) is 39.8 Å². The summed E-state index contributed by atoms with van der Waals surface area (Å²) in [4.78, 5) is 9.13. The van der Waals surface area contributed by atoms with E-state index in [1.807, 2.05) is 45.0 Å². The van der Waals surface area contributed by atoms with Gasteiger partial charge in [-0.25, -0.2) is 9.98 Å². The number of aromatic nitrogens is 2. The summed E-state index contributed by atoms with van der Waals surface area (Å²) >= 11 is 0. The lowest BCUT2D eigenvalue weighted by Gasteiger charge is -2.20. The first-order valence-electron chi connectivity index (χ1n) is 9.64. The van der Waals surface area contributed by atoms with Gasteiger partial charge in [0.25, 0.3) is 0 Å². The number of hydrogen-bond acceptors (Lipinski definition) is 4. The number of rotatable bonds is 7. The first kappa shape index (κ1) is 23.2. The number of furan rings is 1. The van der Waals surface area contributed by atoms with E-state index in [1.165, 1.54) is 0 Å². The van der Waals surface area contributed by atoms with Crippen LogP contribution in [0.3, 0.4) is 0 Å². The van der Waals surface area contributed by atoms with Crippen LogP contribution in [0.25, 0.3) is 11.0 Å². The molecule has 1 aromatic carbocycles. The molecular formula is C21H30IN5O2. The zero-order valence-corrected chi connectivity index (χ0v) is 19.7. The number of fused-ring (bicyclic) bond motifs is 1. The lowest BCUT2D eigenvalue weighted by Crippen LogP contribution is -2.40. The molecule has 0 aliphatic carbocycles. The molecule has 3 rings (SSSR count). The molecule has 1 atom stereocenters. The number of guanidine groups is 1. The molecule has 0 saturated carbocycles. The number of halogens is 1. The van der Waals surface area contributed by atoms with E-state index >= 15 is 0 Å². The van der Waals surface area contributed by atoms with Gasteiger partial charge < -0.3 is 24.7 Å². The van der Waals surface area contributed by atoms with Crippen molar-refractivity contribution < 1.29 is 9.52 Å². The second-order valence-corrected chi connectivity index (χ2v) is 7.11. The van der Waals surface area contributed by atoms with Crippen LogP contribution in [0.5, 0.6) is 0 Å². The maximum atomic E-state index is 10.7. The van der Waals surface area contributed by atoms with Gasteiger partial charge in [-0.05, 0) is 52.0 Å². The van der Waals surface area contributed by atoms with Crippen LogP contribution in [0, 0.1) is 13.8 Å². The average Bonchev–Trinajstić information content (AvgIpc) is 3.23. The number of hydrogen-bond donors (Lipinski definition) is 3. The molecule has 2 aromatic heterocycles. The SMILES string of the molecule is CCNC(=NCC(C)(O)c1ccc(C)o1)NCCn1c(C)nc2ccccc21.I. The highest BCUT2D eigenvalue weighted by Gasteiger charge is 2.26. The Morgan fingerprint density at radius 1 is 1.21 bits per heavy atom. The normalized spacial score (nSPS) is 13.8. The fraction of sp³-hybridized carbons (Fsp3) is 0.429. The number of aliphatic hydroxyl groups is 1. The Bertz CT molecular complexity index is 961. The van der Waals surface area contributed by atoms with E-state index in [9.17, 15) is 5.11 Å². The average molecular weight is 511 g/mol. The van der Waals surface area contributed by atoms with E-state index in [-0.39, 0.29) is 30.5 Å². The largest absolute Gasteiger partial charge is 0.463 e. The van der Waals surface area contributed by atoms with E-state index in [4.69, 9.17) is 4.42 Å². The van der Waals surface area contributed by atoms with Gasteiger partial charge in [-0.1, -0.05) is 12.1 Å². The van der Waals surface area contributed by atoms with Crippen molar-refractivity contribution in [1.29, 1.82) is 0 Å². The molecule has 0 aliphatic rings. The Balaban J connectivity index is 0.00000300. The highest BCUT2D eigenvalue weighted by Crippen LogP contribution is 2.23. The van der Waals surface area contributed by atoms with E-state index in [0.717, 1.165) is 35.7 Å². The van der Waals surface area contributed by atoms with Gasteiger partial charge in [-0.15, -0.1) is 24.0 Å². The molecule has 29 heavy (non-hydrogen) atoms. The van der Waals surface area contributed by atoms with Crippen LogP contribution in [-0.2, 0) is 12.1 Å². The van der Waals surface area contributed by atoms with Crippen LogP contribution in [0.1, 0.15) is 31.2 Å². The molecule has 1 unspecified atom stereocenters. The third-order valence-electron chi connectivity index (χ3n) is 4.63. The molecule has 158 valence electrons. The van der Waals surface area contributed by atoms with Crippen molar-refractivity contribution in [3.05, 3.63) is 53.7 Å². The molecule has 0 saturated heterocycles. The van der Waals surface area contributed by atoms with Gasteiger partial charge >= 0.3 is 0 Å². The van der Waals surface area contributed by atoms with E-state index in [0.29, 0.717) is 18.3 Å². The fourth-order valence-corrected chi connectivity index (χ4v) is 3.14.